The quantitative estimate of drug-likeness (QED) is 0.788. The van der Waals surface area contributed by atoms with Crippen LogP contribution in [0.25, 0.3) is 0 Å². The second-order valence-electron chi connectivity index (χ2n) is 4.58. The van der Waals surface area contributed by atoms with E-state index in [1.165, 1.54) is 10.4 Å². The summed E-state index contributed by atoms with van der Waals surface area (Å²) in [7, 11) is -3.53. The van der Waals surface area contributed by atoms with Gasteiger partial charge in [-0.25, -0.2) is 8.42 Å². The number of hydrogen-bond acceptors (Lipinski definition) is 2. The zero-order valence-corrected chi connectivity index (χ0v) is 12.3. The van der Waals surface area contributed by atoms with E-state index in [0.717, 1.165) is 6.42 Å². The molecule has 0 spiro atoms. The summed E-state index contributed by atoms with van der Waals surface area (Å²) in [5, 5.41) is 0.109. The van der Waals surface area contributed by atoms with Crippen LogP contribution < -0.4 is 0 Å². The van der Waals surface area contributed by atoms with Crippen molar-refractivity contribution >= 4 is 33.2 Å². The highest BCUT2D eigenvalue weighted by Crippen LogP contribution is 2.29. The second kappa shape index (κ2) is 5.37. The average molecular weight is 308 g/mol. The molecule has 18 heavy (non-hydrogen) atoms. The maximum Gasteiger partial charge on any atom is 0.244 e. The number of nitrogens with zero attached hydrogens (tertiary/aromatic N) is 1. The smallest absolute Gasteiger partial charge is 0.207 e. The van der Waals surface area contributed by atoms with Crippen molar-refractivity contribution in [2.45, 2.75) is 23.6 Å². The second-order valence-corrected chi connectivity index (χ2v) is 7.45. The van der Waals surface area contributed by atoms with Crippen LogP contribution in [0.4, 0.5) is 0 Å². The molecule has 3 nitrogen and oxygen atoms in total. The molecule has 1 saturated heterocycles. The standard InChI is InChI=1S/C12H15Cl2NO2S/c1-9-6-7-15(8-11(9)14)18(16,17)12-5-3-2-4-10(12)13/h2-5,9,11H,6-8H2,1H3. The summed E-state index contributed by atoms with van der Waals surface area (Å²) in [6, 6.07) is 6.49. The Balaban J connectivity index is 2.30. The van der Waals surface area contributed by atoms with Gasteiger partial charge in [0.05, 0.1) is 5.02 Å². The lowest BCUT2D eigenvalue weighted by Gasteiger charge is -2.33. The van der Waals surface area contributed by atoms with Crippen LogP contribution in [0.5, 0.6) is 0 Å². The summed E-state index contributed by atoms with van der Waals surface area (Å²) >= 11 is 12.1. The molecule has 1 heterocycles. The van der Waals surface area contributed by atoms with Crippen molar-refractivity contribution < 1.29 is 8.42 Å². The fourth-order valence-electron chi connectivity index (χ4n) is 2.01. The minimum Gasteiger partial charge on any atom is -0.207 e. The molecule has 0 radical (unpaired) electrons. The maximum atomic E-state index is 12.4. The van der Waals surface area contributed by atoms with Gasteiger partial charge in [-0.1, -0.05) is 30.7 Å². The minimum atomic E-state index is -3.53. The van der Waals surface area contributed by atoms with Gasteiger partial charge in [0.1, 0.15) is 4.90 Å². The first-order valence-electron chi connectivity index (χ1n) is 5.81. The molecule has 0 saturated carbocycles. The normalized spacial score (nSPS) is 26.2. The van der Waals surface area contributed by atoms with Gasteiger partial charge in [0.15, 0.2) is 0 Å². The molecule has 0 aliphatic carbocycles. The summed E-state index contributed by atoms with van der Waals surface area (Å²) in [4.78, 5) is 0.157. The number of alkyl halides is 1. The van der Waals surface area contributed by atoms with E-state index in [1.807, 2.05) is 6.92 Å². The highest BCUT2D eigenvalue weighted by molar-refractivity contribution is 7.89. The first-order valence-corrected chi connectivity index (χ1v) is 8.07. The van der Waals surface area contributed by atoms with Crippen molar-refractivity contribution in [3.8, 4) is 0 Å². The lowest BCUT2D eigenvalue weighted by Crippen LogP contribution is -2.43. The maximum absolute atomic E-state index is 12.4. The Morgan fingerprint density at radius 3 is 2.61 bits per heavy atom. The molecule has 0 N–H and O–H groups in total. The molecular weight excluding hydrogens is 293 g/mol. The van der Waals surface area contributed by atoms with Crippen molar-refractivity contribution in [2.75, 3.05) is 13.1 Å². The van der Waals surface area contributed by atoms with Crippen LogP contribution >= 0.6 is 23.2 Å². The Hall–Kier alpha value is -0.290. The highest BCUT2D eigenvalue weighted by atomic mass is 35.5. The molecule has 100 valence electrons. The monoisotopic (exact) mass is 307 g/mol. The molecule has 1 aromatic rings. The van der Waals surface area contributed by atoms with E-state index in [9.17, 15) is 8.42 Å². The molecule has 2 unspecified atom stereocenters. The largest absolute Gasteiger partial charge is 0.244 e. The van der Waals surface area contributed by atoms with E-state index < -0.39 is 10.0 Å². The molecular formula is C12H15Cl2NO2S. The van der Waals surface area contributed by atoms with Gasteiger partial charge in [0, 0.05) is 18.5 Å². The SMILES string of the molecule is CC1CCN(S(=O)(=O)c2ccccc2Cl)CC1Cl. The van der Waals surface area contributed by atoms with Gasteiger partial charge in [0.2, 0.25) is 10.0 Å². The van der Waals surface area contributed by atoms with Crippen molar-refractivity contribution in [1.82, 2.24) is 4.31 Å². The van der Waals surface area contributed by atoms with Gasteiger partial charge in [-0.15, -0.1) is 11.6 Å². The predicted octanol–water partition coefficient (Wildman–Crippen LogP) is 2.98. The molecule has 1 fully saturated rings. The third-order valence-electron chi connectivity index (χ3n) is 3.28. The zero-order chi connectivity index (χ0) is 13.3. The van der Waals surface area contributed by atoms with Gasteiger partial charge in [-0.05, 0) is 24.5 Å². The van der Waals surface area contributed by atoms with E-state index >= 15 is 0 Å². The van der Waals surface area contributed by atoms with Gasteiger partial charge in [-0.2, -0.15) is 4.31 Å². The first-order chi connectivity index (χ1) is 8.43. The van der Waals surface area contributed by atoms with Crippen LogP contribution in [-0.2, 0) is 10.0 Å². The minimum absolute atomic E-state index is 0.143. The van der Waals surface area contributed by atoms with Gasteiger partial charge < -0.3 is 0 Å². The first kappa shape index (κ1) is 14.1. The molecule has 1 aliphatic rings. The van der Waals surface area contributed by atoms with Crippen molar-refractivity contribution in [3.05, 3.63) is 29.3 Å². The lowest BCUT2D eigenvalue weighted by atomic mass is 10.0. The zero-order valence-electron chi connectivity index (χ0n) is 10.0. The average Bonchev–Trinajstić information content (AvgIpc) is 2.33. The van der Waals surface area contributed by atoms with Crippen LogP contribution in [0, 0.1) is 5.92 Å². The Labute approximate surface area is 118 Å². The summed E-state index contributed by atoms with van der Waals surface area (Å²) in [5.41, 5.74) is 0. The molecule has 6 heteroatoms. The summed E-state index contributed by atoms with van der Waals surface area (Å²) in [5.74, 6) is 0.337. The summed E-state index contributed by atoms with van der Waals surface area (Å²) < 4.78 is 26.3. The number of hydrogen-bond donors (Lipinski definition) is 0. The number of sulfonamides is 1. The Bertz CT molecular complexity index is 533. The molecule has 1 aliphatic heterocycles. The summed E-state index contributed by atoms with van der Waals surface area (Å²) in [6.45, 7) is 2.88. The molecule has 0 aromatic heterocycles. The van der Waals surface area contributed by atoms with Crippen LogP contribution in [0.2, 0.25) is 5.02 Å². The molecule has 0 amide bonds. The Kier molecular flexibility index (Phi) is 4.22. The molecule has 0 bridgehead atoms. The number of halogens is 2. The van der Waals surface area contributed by atoms with Gasteiger partial charge >= 0.3 is 0 Å². The van der Waals surface area contributed by atoms with Gasteiger partial charge in [0.25, 0.3) is 0 Å². The molecule has 2 atom stereocenters. The van der Waals surface area contributed by atoms with Crippen LogP contribution in [-0.4, -0.2) is 31.2 Å². The number of benzene rings is 1. The predicted molar refractivity (Wildman–Crippen MR) is 73.6 cm³/mol. The van der Waals surface area contributed by atoms with Crippen LogP contribution in [0.3, 0.4) is 0 Å². The molecule has 2 rings (SSSR count). The van der Waals surface area contributed by atoms with E-state index in [4.69, 9.17) is 23.2 Å². The number of piperidine rings is 1. The lowest BCUT2D eigenvalue weighted by molar-refractivity contribution is 0.293. The Morgan fingerprint density at radius 1 is 1.33 bits per heavy atom. The van der Waals surface area contributed by atoms with Gasteiger partial charge in [-0.3, -0.25) is 0 Å². The number of rotatable bonds is 2. The highest BCUT2D eigenvalue weighted by Gasteiger charge is 2.33. The van der Waals surface area contributed by atoms with Crippen molar-refractivity contribution in [1.29, 1.82) is 0 Å². The third kappa shape index (κ3) is 2.67. The van der Waals surface area contributed by atoms with Crippen LogP contribution in [0.15, 0.2) is 29.2 Å². The van der Waals surface area contributed by atoms with Crippen LogP contribution in [0.1, 0.15) is 13.3 Å². The topological polar surface area (TPSA) is 37.4 Å². The molecule has 1 aromatic carbocycles. The van der Waals surface area contributed by atoms with E-state index in [-0.39, 0.29) is 15.3 Å². The van der Waals surface area contributed by atoms with E-state index in [1.54, 1.807) is 18.2 Å². The van der Waals surface area contributed by atoms with E-state index in [2.05, 4.69) is 0 Å². The fourth-order valence-corrected chi connectivity index (χ4v) is 4.35. The van der Waals surface area contributed by atoms with E-state index in [0.29, 0.717) is 19.0 Å². The fraction of sp³-hybridized carbons (Fsp3) is 0.500. The Morgan fingerprint density at radius 2 is 2.00 bits per heavy atom. The van der Waals surface area contributed by atoms with Crippen molar-refractivity contribution in [3.63, 3.8) is 0 Å². The summed E-state index contributed by atoms with van der Waals surface area (Å²) in [6.07, 6.45) is 0.776. The third-order valence-corrected chi connectivity index (χ3v) is 6.22. The van der Waals surface area contributed by atoms with Crippen molar-refractivity contribution in [2.24, 2.45) is 5.92 Å².